The first-order valence-corrected chi connectivity index (χ1v) is 9.07. The highest BCUT2D eigenvalue weighted by molar-refractivity contribution is 5.89. The molecule has 0 atom stereocenters. The van der Waals surface area contributed by atoms with E-state index in [1.807, 2.05) is 0 Å². The quantitative estimate of drug-likeness (QED) is 0.267. The highest BCUT2D eigenvalue weighted by Gasteiger charge is 2.18. The molecule has 2 N–H and O–H groups in total. The Bertz CT molecular complexity index is 1170. The Morgan fingerprint density at radius 1 is 1.09 bits per heavy atom. The van der Waals surface area contributed by atoms with Gasteiger partial charge in [-0.1, -0.05) is 5.16 Å². The molecule has 3 aromatic rings. The molecule has 0 saturated carbocycles. The lowest BCUT2D eigenvalue weighted by molar-refractivity contribution is -0.389. The first-order valence-electron chi connectivity index (χ1n) is 9.07. The van der Waals surface area contributed by atoms with Crippen molar-refractivity contribution in [2.24, 2.45) is 0 Å². The largest absolute Gasteiger partial charge is 0.390 e. The molecule has 32 heavy (non-hydrogen) atoms. The maximum atomic E-state index is 12.1. The van der Waals surface area contributed by atoms with E-state index in [2.05, 4.69) is 25.9 Å². The maximum Gasteiger partial charge on any atom is 0.390 e. The van der Waals surface area contributed by atoms with Crippen LogP contribution < -0.4 is 10.6 Å². The summed E-state index contributed by atoms with van der Waals surface area (Å²) in [6.45, 7) is 1.51. The average Bonchev–Trinajstić information content (AvgIpc) is 3.39. The van der Waals surface area contributed by atoms with Gasteiger partial charge < -0.3 is 25.3 Å². The van der Waals surface area contributed by atoms with Crippen LogP contribution in [-0.4, -0.2) is 54.7 Å². The van der Waals surface area contributed by atoms with Crippen LogP contribution in [0.5, 0.6) is 0 Å². The van der Waals surface area contributed by atoms with Gasteiger partial charge in [0.05, 0.1) is 21.8 Å². The van der Waals surface area contributed by atoms with Gasteiger partial charge in [0.1, 0.15) is 6.54 Å². The zero-order valence-corrected chi connectivity index (χ0v) is 16.5. The second-order valence-electron chi connectivity index (χ2n) is 6.39. The van der Waals surface area contributed by atoms with E-state index in [4.69, 9.17) is 4.52 Å². The number of amides is 2. The van der Waals surface area contributed by atoms with Crippen molar-refractivity contribution in [3.8, 4) is 11.4 Å². The van der Waals surface area contributed by atoms with Crippen LogP contribution in [0.25, 0.3) is 11.4 Å². The molecular weight excluding hydrogens is 428 g/mol. The van der Waals surface area contributed by atoms with Crippen LogP contribution in [0.1, 0.15) is 16.4 Å². The molecule has 0 fully saturated rings. The van der Waals surface area contributed by atoms with Crippen LogP contribution in [0.15, 0.2) is 34.9 Å². The number of aryl methyl sites for hydroxylation is 1. The number of nitrogens with one attached hydrogen (secondary N) is 2. The van der Waals surface area contributed by atoms with E-state index in [1.54, 1.807) is 6.92 Å². The molecule has 2 amide bonds. The number of aromatic nitrogens is 4. The van der Waals surface area contributed by atoms with Crippen LogP contribution in [-0.2, 0) is 11.3 Å². The molecule has 0 saturated heterocycles. The molecule has 0 aliphatic heterocycles. The summed E-state index contributed by atoms with van der Waals surface area (Å²) in [5.74, 6) is -1.70. The van der Waals surface area contributed by atoms with Crippen molar-refractivity contribution in [1.82, 2.24) is 30.6 Å². The van der Waals surface area contributed by atoms with Crippen molar-refractivity contribution in [3.63, 3.8) is 0 Å². The number of hydrogen-bond acceptors (Lipinski definition) is 10. The molecule has 1 aromatic carbocycles. The van der Waals surface area contributed by atoms with Gasteiger partial charge in [-0.2, -0.15) is 9.67 Å². The number of benzene rings is 1. The monoisotopic (exact) mass is 444 g/mol. The van der Waals surface area contributed by atoms with Crippen molar-refractivity contribution in [2.75, 3.05) is 13.1 Å². The third-order valence-electron chi connectivity index (χ3n) is 4.14. The fraction of sp³-hybridized carbons (Fsp3) is 0.235. The molecule has 2 aromatic heterocycles. The highest BCUT2D eigenvalue weighted by Crippen LogP contribution is 2.19. The van der Waals surface area contributed by atoms with E-state index in [0.717, 1.165) is 0 Å². The van der Waals surface area contributed by atoms with E-state index in [9.17, 15) is 29.8 Å². The summed E-state index contributed by atoms with van der Waals surface area (Å²) >= 11 is 0. The van der Waals surface area contributed by atoms with Gasteiger partial charge in [0.15, 0.2) is 0 Å². The van der Waals surface area contributed by atoms with Crippen LogP contribution in [0, 0.1) is 27.2 Å². The van der Waals surface area contributed by atoms with Gasteiger partial charge in [-0.15, -0.1) is 0 Å². The number of hydrogen-bond donors (Lipinski definition) is 2. The minimum atomic E-state index is -0.668. The summed E-state index contributed by atoms with van der Waals surface area (Å²) in [5, 5.41) is 33.8. The summed E-state index contributed by atoms with van der Waals surface area (Å²) in [6.07, 6.45) is 0. The van der Waals surface area contributed by atoms with E-state index < -0.39 is 21.7 Å². The maximum absolute atomic E-state index is 12.1. The van der Waals surface area contributed by atoms with Gasteiger partial charge in [0, 0.05) is 30.8 Å². The van der Waals surface area contributed by atoms with E-state index >= 15 is 0 Å². The lowest BCUT2D eigenvalue weighted by Crippen LogP contribution is -2.36. The Morgan fingerprint density at radius 2 is 1.78 bits per heavy atom. The molecule has 3 rings (SSSR count). The van der Waals surface area contributed by atoms with Crippen molar-refractivity contribution in [1.29, 1.82) is 0 Å². The minimum Gasteiger partial charge on any atom is -0.358 e. The Labute approximate surface area is 178 Å². The summed E-state index contributed by atoms with van der Waals surface area (Å²) < 4.78 is 6.09. The predicted molar refractivity (Wildman–Crippen MR) is 105 cm³/mol. The number of nitrogens with zero attached hydrogens (tertiary/aromatic N) is 6. The van der Waals surface area contributed by atoms with Crippen molar-refractivity contribution in [3.05, 3.63) is 62.1 Å². The topological polar surface area (TPSA) is 201 Å². The van der Waals surface area contributed by atoms with Gasteiger partial charge in [-0.3, -0.25) is 19.7 Å². The van der Waals surface area contributed by atoms with Gasteiger partial charge in [0.2, 0.25) is 11.7 Å². The molecule has 166 valence electrons. The number of carbonyl (C=O) groups is 2. The summed E-state index contributed by atoms with van der Waals surface area (Å²) in [5.41, 5.74) is 0.790. The van der Waals surface area contributed by atoms with Crippen molar-refractivity contribution in [2.45, 2.75) is 13.5 Å². The first kappa shape index (κ1) is 22.0. The number of non-ortho nitro benzene ring substituents is 1. The third-order valence-corrected chi connectivity index (χ3v) is 4.14. The molecule has 0 spiro atoms. The molecule has 0 radical (unpaired) electrons. The van der Waals surface area contributed by atoms with Gasteiger partial charge >= 0.3 is 17.6 Å². The number of rotatable bonds is 9. The molecular formula is C17H16N8O7. The Hall–Kier alpha value is -4.69. The minimum absolute atomic E-state index is 0.0536. The van der Waals surface area contributed by atoms with Crippen LogP contribution in [0.4, 0.5) is 11.5 Å². The Morgan fingerprint density at radius 3 is 2.41 bits per heavy atom. The molecule has 0 bridgehead atoms. The smallest absolute Gasteiger partial charge is 0.358 e. The normalized spacial score (nSPS) is 10.5. The highest BCUT2D eigenvalue weighted by atomic mass is 16.6. The summed E-state index contributed by atoms with van der Waals surface area (Å²) in [4.78, 5) is 48.2. The predicted octanol–water partition coefficient (Wildman–Crippen LogP) is 0.604. The molecule has 2 heterocycles. The number of carbonyl (C=O) groups excluding carboxylic acids is 2. The molecule has 15 heteroatoms. The fourth-order valence-electron chi connectivity index (χ4n) is 2.55. The fourth-order valence-corrected chi connectivity index (χ4v) is 2.55. The number of nitro groups is 2. The lowest BCUT2D eigenvalue weighted by atomic mass is 10.2. The molecule has 15 nitrogen and oxygen atoms in total. The van der Waals surface area contributed by atoms with E-state index in [0.29, 0.717) is 11.3 Å². The SMILES string of the molecule is Cc1cc([N+](=O)[O-])nn1CC(=O)NCCNC(=O)c1nc(-c2ccc([N+](=O)[O-])cc2)no1. The average molecular weight is 444 g/mol. The molecule has 0 aliphatic rings. The van der Waals surface area contributed by atoms with Gasteiger partial charge in [0.25, 0.3) is 5.69 Å². The Kier molecular flexibility index (Phi) is 6.47. The first-order chi connectivity index (χ1) is 15.2. The molecule has 0 unspecified atom stereocenters. The summed E-state index contributed by atoms with van der Waals surface area (Å²) in [7, 11) is 0. The van der Waals surface area contributed by atoms with Crippen molar-refractivity contribution < 1.29 is 24.0 Å². The zero-order chi connectivity index (χ0) is 23.3. The zero-order valence-electron chi connectivity index (χ0n) is 16.5. The summed E-state index contributed by atoms with van der Waals surface area (Å²) in [6, 6.07) is 6.66. The van der Waals surface area contributed by atoms with Crippen molar-refractivity contribution >= 4 is 23.3 Å². The third kappa shape index (κ3) is 5.26. The van der Waals surface area contributed by atoms with Crippen LogP contribution in [0.3, 0.4) is 0 Å². The van der Waals surface area contributed by atoms with Gasteiger partial charge in [-0.05, 0) is 24.0 Å². The second kappa shape index (κ2) is 9.41. The van der Waals surface area contributed by atoms with E-state index in [1.165, 1.54) is 35.0 Å². The van der Waals surface area contributed by atoms with Crippen LogP contribution in [0.2, 0.25) is 0 Å². The Balaban J connectivity index is 1.45. The van der Waals surface area contributed by atoms with Crippen LogP contribution >= 0.6 is 0 Å². The van der Waals surface area contributed by atoms with E-state index in [-0.39, 0.29) is 42.9 Å². The number of nitro benzene ring substituents is 1. The lowest BCUT2D eigenvalue weighted by Gasteiger charge is -2.05. The standard InChI is InChI=1S/C17H16N8O7/c1-10-8-13(25(30)31)21-23(10)9-14(26)18-6-7-19-16(27)17-20-15(22-32-17)11-2-4-12(5-3-11)24(28)29/h2-5,8H,6-7,9H2,1H3,(H,18,26)(H,19,27). The molecule has 0 aliphatic carbocycles. The van der Waals surface area contributed by atoms with Gasteiger partial charge in [-0.25, -0.2) is 0 Å². The second-order valence-corrected chi connectivity index (χ2v) is 6.39.